The maximum atomic E-state index is 5.56. The van der Waals surface area contributed by atoms with Gasteiger partial charge in [0.2, 0.25) is 0 Å². The fraction of sp³-hybridized carbons (Fsp3) is 0.778. The molecule has 2 heteroatoms. The van der Waals surface area contributed by atoms with Gasteiger partial charge in [-0.3, -0.25) is 0 Å². The monoisotopic (exact) mass is 153 g/mol. The largest absolute Gasteiger partial charge is 0.497 e. The van der Waals surface area contributed by atoms with E-state index < -0.39 is 0 Å². The molecule has 0 aromatic carbocycles. The van der Waals surface area contributed by atoms with Crippen molar-refractivity contribution in [1.29, 1.82) is 0 Å². The van der Waals surface area contributed by atoms with Crippen LogP contribution in [0.5, 0.6) is 0 Å². The molecule has 11 heavy (non-hydrogen) atoms. The smallest absolute Gasteiger partial charge is 0.109 e. The second-order valence-electron chi connectivity index (χ2n) is 3.25. The Hall–Kier alpha value is -0.500. The second kappa shape index (κ2) is 3.26. The van der Waals surface area contributed by atoms with E-state index in [0.717, 1.165) is 13.2 Å². The van der Waals surface area contributed by atoms with Crippen LogP contribution in [0, 0.1) is 0 Å². The SMILES string of the molecule is C1=C(C2CCCN2)OCCC1. The van der Waals surface area contributed by atoms with Crippen LogP contribution in [-0.4, -0.2) is 19.2 Å². The molecule has 0 radical (unpaired) electrons. The molecular weight excluding hydrogens is 138 g/mol. The number of ether oxygens (including phenoxy) is 1. The number of rotatable bonds is 1. The van der Waals surface area contributed by atoms with E-state index in [2.05, 4.69) is 11.4 Å². The molecule has 1 fully saturated rings. The van der Waals surface area contributed by atoms with E-state index in [9.17, 15) is 0 Å². The van der Waals surface area contributed by atoms with E-state index in [1.807, 2.05) is 0 Å². The van der Waals surface area contributed by atoms with E-state index in [1.54, 1.807) is 0 Å². The summed E-state index contributed by atoms with van der Waals surface area (Å²) in [5.74, 6) is 1.20. The molecule has 2 aliphatic heterocycles. The van der Waals surface area contributed by atoms with E-state index in [0.29, 0.717) is 6.04 Å². The molecule has 0 bridgehead atoms. The van der Waals surface area contributed by atoms with Crippen molar-refractivity contribution in [1.82, 2.24) is 5.32 Å². The van der Waals surface area contributed by atoms with E-state index in [4.69, 9.17) is 4.74 Å². The van der Waals surface area contributed by atoms with E-state index in [-0.39, 0.29) is 0 Å². The number of hydrogen-bond donors (Lipinski definition) is 1. The molecule has 62 valence electrons. The van der Waals surface area contributed by atoms with Gasteiger partial charge in [-0.1, -0.05) is 0 Å². The maximum absolute atomic E-state index is 5.56. The highest BCUT2D eigenvalue weighted by Gasteiger charge is 2.20. The third-order valence-corrected chi connectivity index (χ3v) is 2.37. The molecule has 1 saturated heterocycles. The standard InChI is InChI=1S/C9H15NO/c1-2-7-11-9(5-1)8-4-3-6-10-8/h5,8,10H,1-4,6-7H2. The van der Waals surface area contributed by atoms with Crippen LogP contribution in [0.4, 0.5) is 0 Å². The molecule has 0 spiro atoms. The van der Waals surface area contributed by atoms with E-state index >= 15 is 0 Å². The summed E-state index contributed by atoms with van der Waals surface area (Å²) < 4.78 is 5.56. The normalized spacial score (nSPS) is 31.3. The summed E-state index contributed by atoms with van der Waals surface area (Å²) in [6.07, 6.45) is 7.19. The van der Waals surface area contributed by atoms with Crippen LogP contribution in [0.25, 0.3) is 0 Å². The molecule has 1 unspecified atom stereocenters. The molecule has 2 heterocycles. The third-order valence-electron chi connectivity index (χ3n) is 2.37. The van der Waals surface area contributed by atoms with Crippen LogP contribution in [-0.2, 0) is 4.74 Å². The van der Waals surface area contributed by atoms with Crippen molar-refractivity contribution in [3.8, 4) is 0 Å². The van der Waals surface area contributed by atoms with Crippen LogP contribution < -0.4 is 5.32 Å². The van der Waals surface area contributed by atoms with Crippen LogP contribution in [0.2, 0.25) is 0 Å². The van der Waals surface area contributed by atoms with Gasteiger partial charge in [0.25, 0.3) is 0 Å². The first-order valence-corrected chi connectivity index (χ1v) is 4.53. The van der Waals surface area contributed by atoms with Crippen LogP contribution in [0.3, 0.4) is 0 Å². The Morgan fingerprint density at radius 3 is 3.09 bits per heavy atom. The van der Waals surface area contributed by atoms with E-state index in [1.165, 1.54) is 31.4 Å². The Labute approximate surface area is 67.6 Å². The zero-order chi connectivity index (χ0) is 7.52. The van der Waals surface area contributed by atoms with Crippen molar-refractivity contribution in [3.05, 3.63) is 11.8 Å². The van der Waals surface area contributed by atoms with Gasteiger partial charge in [-0.25, -0.2) is 0 Å². The summed E-state index contributed by atoms with van der Waals surface area (Å²) in [7, 11) is 0. The lowest BCUT2D eigenvalue weighted by molar-refractivity contribution is 0.171. The molecule has 0 aromatic rings. The second-order valence-corrected chi connectivity index (χ2v) is 3.25. The highest BCUT2D eigenvalue weighted by Crippen LogP contribution is 2.19. The predicted molar refractivity (Wildman–Crippen MR) is 44.3 cm³/mol. The van der Waals surface area contributed by atoms with Gasteiger partial charge in [0.15, 0.2) is 0 Å². The van der Waals surface area contributed by atoms with Gasteiger partial charge >= 0.3 is 0 Å². The van der Waals surface area contributed by atoms with Crippen molar-refractivity contribution in [3.63, 3.8) is 0 Å². The lowest BCUT2D eigenvalue weighted by Crippen LogP contribution is -2.26. The Morgan fingerprint density at radius 1 is 1.45 bits per heavy atom. The molecule has 0 amide bonds. The topological polar surface area (TPSA) is 21.3 Å². The minimum Gasteiger partial charge on any atom is -0.497 e. The quantitative estimate of drug-likeness (QED) is 0.615. The van der Waals surface area contributed by atoms with Crippen molar-refractivity contribution in [2.45, 2.75) is 31.7 Å². The summed E-state index contributed by atoms with van der Waals surface area (Å²) in [6, 6.07) is 0.537. The number of nitrogens with one attached hydrogen (secondary N) is 1. The maximum Gasteiger partial charge on any atom is 0.109 e. The van der Waals surface area contributed by atoms with Gasteiger partial charge in [-0.2, -0.15) is 0 Å². The van der Waals surface area contributed by atoms with Gasteiger partial charge in [0, 0.05) is 0 Å². The third kappa shape index (κ3) is 1.56. The van der Waals surface area contributed by atoms with Crippen LogP contribution in [0.1, 0.15) is 25.7 Å². The van der Waals surface area contributed by atoms with Crippen molar-refractivity contribution < 1.29 is 4.74 Å². The number of hydrogen-bond acceptors (Lipinski definition) is 2. The van der Waals surface area contributed by atoms with Gasteiger partial charge < -0.3 is 10.1 Å². The minimum atomic E-state index is 0.537. The average molecular weight is 153 g/mol. The summed E-state index contributed by atoms with van der Waals surface area (Å²) in [5, 5.41) is 3.43. The Bertz CT molecular complexity index is 159. The Balaban J connectivity index is 1.96. The van der Waals surface area contributed by atoms with Crippen molar-refractivity contribution in [2.75, 3.05) is 13.2 Å². The van der Waals surface area contributed by atoms with Gasteiger partial charge in [0.1, 0.15) is 5.76 Å². The van der Waals surface area contributed by atoms with Gasteiger partial charge in [-0.05, 0) is 38.3 Å². The fourth-order valence-corrected chi connectivity index (χ4v) is 1.75. The first kappa shape index (κ1) is 7.17. The molecule has 0 aliphatic carbocycles. The molecule has 0 saturated carbocycles. The zero-order valence-corrected chi connectivity index (χ0v) is 6.81. The number of allylic oxidation sites excluding steroid dienone is 1. The molecule has 1 atom stereocenters. The highest BCUT2D eigenvalue weighted by molar-refractivity contribution is 5.07. The first-order chi connectivity index (χ1) is 5.47. The lowest BCUT2D eigenvalue weighted by atomic mass is 10.1. The minimum absolute atomic E-state index is 0.537. The Morgan fingerprint density at radius 2 is 2.45 bits per heavy atom. The highest BCUT2D eigenvalue weighted by atomic mass is 16.5. The molecule has 2 rings (SSSR count). The summed E-state index contributed by atoms with van der Waals surface area (Å²) in [6.45, 7) is 2.08. The van der Waals surface area contributed by atoms with Crippen molar-refractivity contribution in [2.24, 2.45) is 0 Å². The van der Waals surface area contributed by atoms with Crippen LogP contribution >= 0.6 is 0 Å². The fourth-order valence-electron chi connectivity index (χ4n) is 1.75. The van der Waals surface area contributed by atoms with Gasteiger partial charge in [0.05, 0.1) is 12.6 Å². The molecule has 2 aliphatic rings. The molecular formula is C9H15NO. The molecule has 0 aromatic heterocycles. The van der Waals surface area contributed by atoms with Crippen LogP contribution in [0.15, 0.2) is 11.8 Å². The first-order valence-electron chi connectivity index (χ1n) is 4.53. The summed E-state index contributed by atoms with van der Waals surface area (Å²) in [5.41, 5.74) is 0. The molecule has 2 nitrogen and oxygen atoms in total. The summed E-state index contributed by atoms with van der Waals surface area (Å²) >= 11 is 0. The van der Waals surface area contributed by atoms with Crippen molar-refractivity contribution >= 4 is 0 Å². The van der Waals surface area contributed by atoms with Gasteiger partial charge in [-0.15, -0.1) is 0 Å². The predicted octanol–water partition coefficient (Wildman–Crippen LogP) is 1.43. The average Bonchev–Trinajstić information content (AvgIpc) is 2.58. The summed E-state index contributed by atoms with van der Waals surface area (Å²) in [4.78, 5) is 0. The Kier molecular flexibility index (Phi) is 2.13. The lowest BCUT2D eigenvalue weighted by Gasteiger charge is -2.19. The zero-order valence-electron chi connectivity index (χ0n) is 6.81. The molecule has 1 N–H and O–H groups in total.